The number of aliphatic carboxylic acids is 2. The highest BCUT2D eigenvalue weighted by molar-refractivity contribution is 5.92. The Morgan fingerprint density at radius 2 is 1.47 bits per heavy atom. The lowest BCUT2D eigenvalue weighted by molar-refractivity contribution is -0.133. The number of nitrogens with zero attached hydrogens (tertiary/aromatic N) is 1. The van der Waals surface area contributed by atoms with Gasteiger partial charge in [0.2, 0.25) is 0 Å². The number of nitrogens with two attached hydrogens (primary N) is 1. The van der Waals surface area contributed by atoms with Crippen LogP contribution in [0.4, 0.5) is 17.1 Å². The molecule has 2 aliphatic heterocycles. The molecule has 0 saturated carbocycles. The first-order chi connectivity index (χ1) is 20.8. The van der Waals surface area contributed by atoms with Crippen molar-refractivity contribution >= 4 is 34.6 Å². The van der Waals surface area contributed by atoms with Crippen molar-refractivity contribution in [1.29, 1.82) is 0 Å². The van der Waals surface area contributed by atoms with Crippen LogP contribution < -0.4 is 21.3 Å². The number of carboxylic acids is 2. The van der Waals surface area contributed by atoms with Gasteiger partial charge in [0.25, 0.3) is 0 Å². The molecule has 3 aromatic rings. The van der Waals surface area contributed by atoms with E-state index in [1.165, 1.54) is 18.2 Å². The molecule has 8 heteroatoms. The summed E-state index contributed by atoms with van der Waals surface area (Å²) in [7, 11) is 0. The molecule has 2 unspecified atom stereocenters. The maximum absolute atomic E-state index is 11.9. The Balaban J connectivity index is 1.33. The molecular weight excluding hydrogens is 540 g/mol. The normalized spacial score (nSPS) is 18.4. The fraction of sp³-hybridized carbons (Fsp3) is 0.0857. The molecule has 2 heterocycles. The molecule has 0 bridgehead atoms. The van der Waals surface area contributed by atoms with Crippen LogP contribution in [0.15, 0.2) is 150 Å². The molecular formula is C35H32N4O4. The van der Waals surface area contributed by atoms with Crippen LogP contribution in [0.1, 0.15) is 12.5 Å². The largest absolute Gasteiger partial charge is 0.478 e. The first-order valence-corrected chi connectivity index (χ1v) is 13.8. The topological polar surface area (TPSA) is 128 Å². The van der Waals surface area contributed by atoms with Gasteiger partial charge in [-0.05, 0) is 72.7 Å². The summed E-state index contributed by atoms with van der Waals surface area (Å²) < 4.78 is 0. The zero-order chi connectivity index (χ0) is 30.3. The molecule has 0 aliphatic carbocycles. The monoisotopic (exact) mass is 572 g/mol. The summed E-state index contributed by atoms with van der Waals surface area (Å²) in [5, 5.41) is 25.7. The lowest BCUT2D eigenvalue weighted by Crippen LogP contribution is -2.47. The Kier molecular flexibility index (Phi) is 8.58. The van der Waals surface area contributed by atoms with Gasteiger partial charge in [0.15, 0.2) is 0 Å². The predicted molar refractivity (Wildman–Crippen MR) is 170 cm³/mol. The lowest BCUT2D eigenvalue weighted by Gasteiger charge is -2.31. The van der Waals surface area contributed by atoms with Crippen molar-refractivity contribution in [3.8, 4) is 0 Å². The standard InChI is InChI=1S/C35H32N4O4/c1-2-23(34(40)41)19-30(36)32-20-26(35(42)43)21-33(38-32)31-18-15-25(22-37-31)24-13-16-29(17-14-24)39(27-9-5-3-6-10-27)28-11-7-4-8-12-28/h2-22,31,33,37-38H,36H2,1H3,(H,40,41)(H,42,43)/b23-2+,30-19-. The molecule has 5 rings (SSSR count). The number of carboxylic acid groups (broad SMARTS) is 2. The van der Waals surface area contributed by atoms with Gasteiger partial charge in [-0.2, -0.15) is 0 Å². The minimum Gasteiger partial charge on any atom is -0.478 e. The Hall–Kier alpha value is -5.76. The molecule has 6 N–H and O–H groups in total. The van der Waals surface area contributed by atoms with Crippen LogP contribution in [0, 0.1) is 0 Å². The number of para-hydroxylation sites is 2. The van der Waals surface area contributed by atoms with E-state index in [1.54, 1.807) is 13.0 Å². The summed E-state index contributed by atoms with van der Waals surface area (Å²) in [5.41, 5.74) is 11.9. The molecule has 3 aromatic carbocycles. The molecule has 2 atom stereocenters. The van der Waals surface area contributed by atoms with E-state index in [1.807, 2.05) is 54.8 Å². The van der Waals surface area contributed by atoms with Crippen LogP contribution >= 0.6 is 0 Å². The van der Waals surface area contributed by atoms with Gasteiger partial charge in [-0.15, -0.1) is 0 Å². The Labute approximate surface area is 250 Å². The second kappa shape index (κ2) is 12.8. The Morgan fingerprint density at radius 1 is 0.860 bits per heavy atom. The zero-order valence-corrected chi connectivity index (χ0v) is 23.5. The van der Waals surface area contributed by atoms with Gasteiger partial charge in [-0.25, -0.2) is 9.59 Å². The van der Waals surface area contributed by atoms with E-state index >= 15 is 0 Å². The van der Waals surface area contributed by atoms with Crippen LogP contribution in [0.5, 0.6) is 0 Å². The van der Waals surface area contributed by atoms with E-state index in [0.29, 0.717) is 5.70 Å². The van der Waals surface area contributed by atoms with Gasteiger partial charge in [-0.3, -0.25) is 0 Å². The van der Waals surface area contributed by atoms with Gasteiger partial charge in [0.05, 0.1) is 34.6 Å². The second-order valence-corrected chi connectivity index (χ2v) is 10.0. The molecule has 0 spiro atoms. The third-order valence-corrected chi connectivity index (χ3v) is 7.20. The highest BCUT2D eigenvalue weighted by atomic mass is 16.4. The molecule has 0 aromatic heterocycles. The molecule has 0 amide bonds. The van der Waals surface area contributed by atoms with Crippen LogP contribution in [0.25, 0.3) is 5.57 Å². The summed E-state index contributed by atoms with van der Waals surface area (Å²) in [4.78, 5) is 25.5. The van der Waals surface area contributed by atoms with Crippen LogP contribution in [0.3, 0.4) is 0 Å². The number of benzene rings is 3. The van der Waals surface area contributed by atoms with E-state index in [4.69, 9.17) is 5.73 Å². The van der Waals surface area contributed by atoms with E-state index < -0.39 is 18.0 Å². The van der Waals surface area contributed by atoms with Crippen molar-refractivity contribution in [2.45, 2.75) is 19.0 Å². The predicted octanol–water partition coefficient (Wildman–Crippen LogP) is 5.77. The molecule has 0 saturated heterocycles. The van der Waals surface area contributed by atoms with Crippen molar-refractivity contribution in [3.05, 3.63) is 156 Å². The summed E-state index contributed by atoms with van der Waals surface area (Å²) in [5.74, 6) is -2.22. The number of allylic oxidation sites excluding steroid dienone is 3. The average Bonchev–Trinajstić information content (AvgIpc) is 3.04. The molecule has 0 radical (unpaired) electrons. The van der Waals surface area contributed by atoms with E-state index in [9.17, 15) is 19.8 Å². The first kappa shape index (κ1) is 28.8. The van der Waals surface area contributed by atoms with Crippen molar-refractivity contribution in [1.82, 2.24) is 10.6 Å². The van der Waals surface area contributed by atoms with Gasteiger partial charge in [0, 0.05) is 23.3 Å². The molecule has 8 nitrogen and oxygen atoms in total. The number of carbonyl (C=O) groups is 2. The van der Waals surface area contributed by atoms with Gasteiger partial charge >= 0.3 is 11.9 Å². The van der Waals surface area contributed by atoms with Gasteiger partial charge in [-0.1, -0.05) is 66.8 Å². The number of anilines is 3. The minimum atomic E-state index is -1.12. The van der Waals surface area contributed by atoms with Crippen LogP contribution in [0.2, 0.25) is 0 Å². The minimum absolute atomic E-state index is 0.00752. The number of nitrogens with one attached hydrogen (secondary N) is 2. The summed E-state index contributed by atoms with van der Waals surface area (Å²) in [6, 6.07) is 28.0. The zero-order valence-electron chi connectivity index (χ0n) is 23.5. The third-order valence-electron chi connectivity index (χ3n) is 7.20. The Morgan fingerprint density at radius 3 is 1.98 bits per heavy atom. The number of rotatable bonds is 9. The maximum atomic E-state index is 11.9. The molecule has 43 heavy (non-hydrogen) atoms. The van der Waals surface area contributed by atoms with E-state index in [-0.39, 0.29) is 22.9 Å². The number of dihydropyridines is 2. The lowest BCUT2D eigenvalue weighted by atomic mass is 9.95. The highest BCUT2D eigenvalue weighted by Crippen LogP contribution is 2.35. The summed E-state index contributed by atoms with van der Waals surface area (Å²) >= 11 is 0. The second-order valence-electron chi connectivity index (χ2n) is 10.0. The SMILES string of the molecule is C/C=C(\C=C(/N)C1=CC(C(=O)O)=CC(C2C=CC(c3ccc(N(c4ccccc4)c4ccccc4)cc3)=CN2)N1)C(=O)O. The van der Waals surface area contributed by atoms with Gasteiger partial charge in [0.1, 0.15) is 0 Å². The van der Waals surface area contributed by atoms with Gasteiger partial charge < -0.3 is 31.5 Å². The van der Waals surface area contributed by atoms with E-state index in [0.717, 1.165) is 28.2 Å². The molecule has 216 valence electrons. The number of hydrogen-bond acceptors (Lipinski definition) is 6. The highest BCUT2D eigenvalue weighted by Gasteiger charge is 2.26. The fourth-order valence-corrected chi connectivity index (χ4v) is 4.97. The average molecular weight is 573 g/mol. The third kappa shape index (κ3) is 6.60. The summed E-state index contributed by atoms with van der Waals surface area (Å²) in [6.07, 6.45) is 11.6. The smallest absolute Gasteiger partial charge is 0.335 e. The first-order valence-electron chi connectivity index (χ1n) is 13.8. The molecule has 2 aliphatic rings. The van der Waals surface area contributed by atoms with Crippen LogP contribution in [-0.4, -0.2) is 34.2 Å². The van der Waals surface area contributed by atoms with Crippen molar-refractivity contribution < 1.29 is 19.8 Å². The van der Waals surface area contributed by atoms with Crippen molar-refractivity contribution in [2.24, 2.45) is 5.73 Å². The quantitative estimate of drug-likeness (QED) is 0.162. The Bertz CT molecular complexity index is 1650. The molecule has 0 fully saturated rings. The fourth-order valence-electron chi connectivity index (χ4n) is 4.97. The maximum Gasteiger partial charge on any atom is 0.335 e. The van der Waals surface area contributed by atoms with Crippen molar-refractivity contribution in [3.63, 3.8) is 0 Å². The van der Waals surface area contributed by atoms with Crippen molar-refractivity contribution in [2.75, 3.05) is 4.90 Å². The summed E-state index contributed by atoms with van der Waals surface area (Å²) in [6.45, 7) is 1.60. The van der Waals surface area contributed by atoms with Crippen LogP contribution in [-0.2, 0) is 9.59 Å². The van der Waals surface area contributed by atoms with E-state index in [2.05, 4.69) is 64.1 Å². The number of hydrogen-bond donors (Lipinski definition) is 5.